The van der Waals surface area contributed by atoms with Crippen LogP contribution in [-0.4, -0.2) is 64.2 Å². The smallest absolute Gasteiger partial charge is 0.407 e. The molecular formula is C24H33FN6O3. The van der Waals surface area contributed by atoms with Crippen LogP contribution in [0.2, 0.25) is 0 Å². The molecule has 1 fully saturated rings. The molecule has 1 aliphatic rings. The Morgan fingerprint density at radius 2 is 1.82 bits per heavy atom. The summed E-state index contributed by atoms with van der Waals surface area (Å²) in [5, 5.41) is 12.6. The fourth-order valence-corrected chi connectivity index (χ4v) is 3.94. The molecule has 2 amide bonds. The highest BCUT2D eigenvalue weighted by atomic mass is 19.1. The van der Waals surface area contributed by atoms with Crippen LogP contribution in [-0.2, 0) is 4.79 Å². The average Bonchev–Trinajstić information content (AvgIpc) is 2.78. The van der Waals surface area contributed by atoms with Crippen LogP contribution in [0, 0.1) is 11.7 Å². The van der Waals surface area contributed by atoms with E-state index in [1.54, 1.807) is 31.3 Å². The molecule has 9 nitrogen and oxygen atoms in total. The van der Waals surface area contributed by atoms with Crippen LogP contribution in [0.3, 0.4) is 0 Å². The van der Waals surface area contributed by atoms with E-state index in [9.17, 15) is 19.1 Å². The van der Waals surface area contributed by atoms with Crippen molar-refractivity contribution in [1.29, 1.82) is 0 Å². The lowest BCUT2D eigenvalue weighted by molar-refractivity contribution is -0.116. The molecule has 34 heavy (non-hydrogen) atoms. The van der Waals surface area contributed by atoms with E-state index in [0.29, 0.717) is 25.3 Å². The van der Waals surface area contributed by atoms with Crippen molar-refractivity contribution in [3.8, 4) is 0 Å². The van der Waals surface area contributed by atoms with Crippen molar-refractivity contribution in [3.63, 3.8) is 0 Å². The molecule has 0 radical (unpaired) electrons. The highest BCUT2D eigenvalue weighted by molar-refractivity contribution is 5.91. The maximum Gasteiger partial charge on any atom is 0.407 e. The van der Waals surface area contributed by atoms with Crippen LogP contribution >= 0.6 is 0 Å². The van der Waals surface area contributed by atoms with Gasteiger partial charge in [0.2, 0.25) is 11.9 Å². The van der Waals surface area contributed by atoms with E-state index in [1.165, 1.54) is 16.7 Å². The van der Waals surface area contributed by atoms with Crippen LogP contribution in [0.15, 0.2) is 30.5 Å². The van der Waals surface area contributed by atoms with Gasteiger partial charge in [-0.2, -0.15) is 4.98 Å². The summed E-state index contributed by atoms with van der Waals surface area (Å²) >= 11 is 0. The number of hydrogen-bond donors (Lipinski definition) is 2. The van der Waals surface area contributed by atoms with E-state index in [2.05, 4.69) is 15.3 Å². The second-order valence-corrected chi connectivity index (χ2v) is 9.61. The summed E-state index contributed by atoms with van der Waals surface area (Å²) in [7, 11) is 1.70. The van der Waals surface area contributed by atoms with Gasteiger partial charge in [-0.3, -0.25) is 4.79 Å². The van der Waals surface area contributed by atoms with Crippen molar-refractivity contribution in [3.05, 3.63) is 36.3 Å². The lowest BCUT2D eigenvalue weighted by atomic mass is 9.94. The summed E-state index contributed by atoms with van der Waals surface area (Å²) in [5.74, 6) is 0.154. The van der Waals surface area contributed by atoms with Crippen molar-refractivity contribution >= 4 is 35.1 Å². The number of carboxylic acid groups (broad SMARTS) is 1. The van der Waals surface area contributed by atoms with E-state index in [1.807, 2.05) is 25.7 Å². The summed E-state index contributed by atoms with van der Waals surface area (Å²) in [5.41, 5.74) is 1.00. The molecule has 1 aromatic heterocycles. The number of amides is 2. The zero-order valence-electron chi connectivity index (χ0n) is 20.4. The molecule has 0 atom stereocenters. The Hall–Kier alpha value is -3.43. The molecule has 2 heterocycles. The topological polar surface area (TPSA) is 102 Å². The van der Waals surface area contributed by atoms with E-state index < -0.39 is 17.4 Å². The van der Waals surface area contributed by atoms with Gasteiger partial charge >= 0.3 is 6.09 Å². The molecule has 1 aromatic carbocycles. The molecule has 2 aromatic rings. The van der Waals surface area contributed by atoms with Gasteiger partial charge in [-0.05, 0) is 63.8 Å². The molecule has 2 N–H and O–H groups in total. The zero-order valence-corrected chi connectivity index (χ0v) is 20.4. The number of aromatic nitrogens is 2. The third-order valence-electron chi connectivity index (χ3n) is 6.10. The summed E-state index contributed by atoms with van der Waals surface area (Å²) in [4.78, 5) is 36.5. The van der Waals surface area contributed by atoms with Crippen molar-refractivity contribution in [2.75, 3.05) is 41.8 Å². The number of halogens is 1. The first kappa shape index (κ1) is 25.2. The lowest BCUT2D eigenvalue weighted by Gasteiger charge is -2.39. The number of hydrogen-bond acceptors (Lipinski definition) is 6. The van der Waals surface area contributed by atoms with E-state index in [4.69, 9.17) is 0 Å². The van der Waals surface area contributed by atoms with Gasteiger partial charge in [0.25, 0.3) is 0 Å². The first-order chi connectivity index (χ1) is 16.0. The van der Waals surface area contributed by atoms with Crippen LogP contribution in [0.4, 0.5) is 32.3 Å². The summed E-state index contributed by atoms with van der Waals surface area (Å²) < 4.78 is 14.6. The first-order valence-corrected chi connectivity index (χ1v) is 11.3. The number of carbonyl (C=O) groups is 2. The lowest BCUT2D eigenvalue weighted by Crippen LogP contribution is -2.49. The normalized spacial score (nSPS) is 14.6. The largest absolute Gasteiger partial charge is 0.465 e. The Kier molecular flexibility index (Phi) is 7.58. The third kappa shape index (κ3) is 6.12. The summed E-state index contributed by atoms with van der Waals surface area (Å²) in [6, 6.07) is 7.21. The summed E-state index contributed by atoms with van der Waals surface area (Å²) in [6.45, 7) is 8.78. The van der Waals surface area contributed by atoms with Crippen LogP contribution in [0.25, 0.3) is 0 Å². The number of carbonyl (C=O) groups excluding carboxylic acids is 1. The Morgan fingerprint density at radius 3 is 2.35 bits per heavy atom. The van der Waals surface area contributed by atoms with Crippen molar-refractivity contribution in [2.45, 2.75) is 46.1 Å². The van der Waals surface area contributed by atoms with Crippen molar-refractivity contribution in [1.82, 2.24) is 14.9 Å². The maximum atomic E-state index is 14.6. The molecule has 0 bridgehead atoms. The van der Waals surface area contributed by atoms with Crippen molar-refractivity contribution in [2.24, 2.45) is 5.92 Å². The maximum absolute atomic E-state index is 14.6. The molecule has 10 heteroatoms. The third-order valence-corrected chi connectivity index (χ3v) is 6.10. The predicted octanol–water partition coefficient (Wildman–Crippen LogP) is 4.34. The minimum absolute atomic E-state index is 0.0648. The number of piperidine rings is 1. The SMILES string of the molecule is CC(=O)N(C)c1ccc(Nc2ncc(F)c(N3CCC(CN(C(=O)O)C(C)(C)C)CC3)n2)cc1. The van der Waals surface area contributed by atoms with Gasteiger partial charge in [-0.15, -0.1) is 0 Å². The number of nitrogens with one attached hydrogen (secondary N) is 1. The first-order valence-electron chi connectivity index (χ1n) is 11.3. The molecule has 0 saturated carbocycles. The fourth-order valence-electron chi connectivity index (χ4n) is 3.94. The van der Waals surface area contributed by atoms with Gasteiger partial charge in [0.15, 0.2) is 11.6 Å². The molecule has 1 aliphatic heterocycles. The van der Waals surface area contributed by atoms with Gasteiger partial charge in [-0.1, -0.05) is 0 Å². The van der Waals surface area contributed by atoms with Gasteiger partial charge < -0.3 is 25.1 Å². The minimum Gasteiger partial charge on any atom is -0.465 e. The molecule has 0 spiro atoms. The molecule has 3 rings (SSSR count). The quantitative estimate of drug-likeness (QED) is 0.645. The minimum atomic E-state index is -0.923. The van der Waals surface area contributed by atoms with Gasteiger partial charge in [0.05, 0.1) is 6.20 Å². The Balaban J connectivity index is 1.65. The Labute approximate surface area is 199 Å². The molecular weight excluding hydrogens is 439 g/mol. The fraction of sp³-hybridized carbons (Fsp3) is 0.500. The molecule has 0 unspecified atom stereocenters. The average molecular weight is 473 g/mol. The summed E-state index contributed by atoms with van der Waals surface area (Å²) in [6.07, 6.45) is 1.72. The Morgan fingerprint density at radius 1 is 1.21 bits per heavy atom. The highest BCUT2D eigenvalue weighted by Gasteiger charge is 2.31. The zero-order chi connectivity index (χ0) is 25.0. The van der Waals surface area contributed by atoms with E-state index in [0.717, 1.165) is 24.7 Å². The number of rotatable bonds is 6. The second-order valence-electron chi connectivity index (χ2n) is 9.61. The van der Waals surface area contributed by atoms with Gasteiger partial charge in [-0.25, -0.2) is 14.2 Å². The second kappa shape index (κ2) is 10.2. The number of benzene rings is 1. The standard InChI is InChI=1S/C24H33FN6O3/c1-16(32)29(5)19-8-6-18(7-9-19)27-22-26-14-20(25)21(28-22)30-12-10-17(11-13-30)15-31(23(33)34)24(2,3)4/h6-9,14,17H,10-13,15H2,1-5H3,(H,33,34)(H,26,27,28). The van der Waals surface area contributed by atoms with E-state index in [-0.39, 0.29) is 23.6 Å². The van der Waals surface area contributed by atoms with Crippen molar-refractivity contribution < 1.29 is 19.1 Å². The van der Waals surface area contributed by atoms with Gasteiger partial charge in [0, 0.05) is 50.5 Å². The van der Waals surface area contributed by atoms with E-state index >= 15 is 0 Å². The monoisotopic (exact) mass is 472 g/mol. The highest BCUT2D eigenvalue weighted by Crippen LogP contribution is 2.28. The number of anilines is 4. The molecule has 0 aliphatic carbocycles. The van der Waals surface area contributed by atoms with Crippen LogP contribution < -0.4 is 15.1 Å². The predicted molar refractivity (Wildman–Crippen MR) is 130 cm³/mol. The molecule has 184 valence electrons. The van der Waals surface area contributed by atoms with Crippen LogP contribution in [0.5, 0.6) is 0 Å². The Bertz CT molecular complexity index is 1020. The van der Waals surface area contributed by atoms with Crippen LogP contribution in [0.1, 0.15) is 40.5 Å². The molecule has 1 saturated heterocycles. The van der Waals surface area contributed by atoms with Gasteiger partial charge in [0.1, 0.15) is 0 Å². The number of nitrogens with zero attached hydrogens (tertiary/aromatic N) is 5.